The summed E-state index contributed by atoms with van der Waals surface area (Å²) in [6.45, 7) is 0. The molecule has 0 spiro atoms. The van der Waals surface area contributed by atoms with Crippen LogP contribution < -0.4 is 15.8 Å². The number of hydrogen-bond donors (Lipinski definition) is 3. The average Bonchev–Trinajstić information content (AvgIpc) is 3.36. The van der Waals surface area contributed by atoms with Crippen LogP contribution in [0.3, 0.4) is 0 Å². The molecule has 4 rings (SSSR count). The van der Waals surface area contributed by atoms with Crippen molar-refractivity contribution in [2.45, 2.75) is 37.8 Å². The Hall–Kier alpha value is -2.71. The first-order valence-electron chi connectivity index (χ1n) is 8.96. The lowest BCUT2D eigenvalue weighted by Crippen LogP contribution is -2.31. The van der Waals surface area contributed by atoms with Gasteiger partial charge in [-0.05, 0) is 37.8 Å². The lowest BCUT2D eigenvalue weighted by Gasteiger charge is -2.27. The molecule has 1 saturated carbocycles. The number of anilines is 1. The SMILES string of the molecule is N[C@H]1CC[C@@H](Oc2ccccc2NC(=O)c2csc(-c3cn[nH]c3)n2)CC1. The van der Waals surface area contributed by atoms with Gasteiger partial charge in [0, 0.05) is 23.2 Å². The summed E-state index contributed by atoms with van der Waals surface area (Å²) in [5.74, 6) is 0.416. The minimum Gasteiger partial charge on any atom is -0.488 e. The number of nitrogens with zero attached hydrogens (tertiary/aromatic N) is 2. The molecule has 2 aromatic heterocycles. The van der Waals surface area contributed by atoms with Crippen LogP contribution in [0.2, 0.25) is 0 Å². The molecule has 1 aromatic carbocycles. The van der Waals surface area contributed by atoms with Crippen molar-refractivity contribution in [3.63, 3.8) is 0 Å². The van der Waals surface area contributed by atoms with Gasteiger partial charge in [0.1, 0.15) is 16.5 Å². The Morgan fingerprint density at radius 3 is 2.85 bits per heavy atom. The lowest BCUT2D eigenvalue weighted by molar-refractivity contribution is 0.102. The highest BCUT2D eigenvalue weighted by atomic mass is 32.1. The normalized spacial score (nSPS) is 19.6. The van der Waals surface area contributed by atoms with Crippen LogP contribution in [0.1, 0.15) is 36.2 Å². The molecule has 1 amide bonds. The second-order valence-corrected chi connectivity index (χ2v) is 7.49. The number of carbonyl (C=O) groups excluding carboxylic acids is 1. The molecule has 140 valence electrons. The number of thiazole rings is 1. The van der Waals surface area contributed by atoms with Crippen molar-refractivity contribution in [3.8, 4) is 16.3 Å². The zero-order valence-electron chi connectivity index (χ0n) is 14.7. The van der Waals surface area contributed by atoms with Gasteiger partial charge < -0.3 is 15.8 Å². The highest BCUT2D eigenvalue weighted by molar-refractivity contribution is 7.13. The van der Waals surface area contributed by atoms with E-state index in [1.54, 1.807) is 17.8 Å². The fourth-order valence-electron chi connectivity index (χ4n) is 3.12. The van der Waals surface area contributed by atoms with Crippen molar-refractivity contribution in [2.75, 3.05) is 5.32 Å². The van der Waals surface area contributed by atoms with E-state index in [0.717, 1.165) is 36.3 Å². The van der Waals surface area contributed by atoms with Gasteiger partial charge in [-0.25, -0.2) is 4.98 Å². The molecule has 7 nitrogen and oxygen atoms in total. The Balaban J connectivity index is 1.45. The van der Waals surface area contributed by atoms with E-state index in [1.807, 2.05) is 24.3 Å². The molecular weight excluding hydrogens is 362 g/mol. The van der Waals surface area contributed by atoms with Crippen LogP contribution in [0, 0.1) is 0 Å². The van der Waals surface area contributed by atoms with Crippen molar-refractivity contribution in [1.29, 1.82) is 0 Å². The summed E-state index contributed by atoms with van der Waals surface area (Å²) < 4.78 is 6.14. The summed E-state index contributed by atoms with van der Waals surface area (Å²) in [5.41, 5.74) is 7.84. The van der Waals surface area contributed by atoms with E-state index >= 15 is 0 Å². The molecule has 0 radical (unpaired) electrons. The van der Waals surface area contributed by atoms with Gasteiger partial charge in [-0.3, -0.25) is 9.89 Å². The van der Waals surface area contributed by atoms with Crippen LogP contribution in [-0.2, 0) is 0 Å². The second-order valence-electron chi connectivity index (χ2n) is 6.63. The quantitative estimate of drug-likeness (QED) is 0.626. The van der Waals surface area contributed by atoms with Crippen molar-refractivity contribution >= 4 is 22.9 Å². The number of para-hydroxylation sites is 2. The van der Waals surface area contributed by atoms with Gasteiger partial charge in [0.25, 0.3) is 5.91 Å². The Labute approximate surface area is 161 Å². The molecule has 8 heteroatoms. The molecule has 0 atom stereocenters. The van der Waals surface area contributed by atoms with Gasteiger partial charge >= 0.3 is 0 Å². The first-order valence-corrected chi connectivity index (χ1v) is 9.84. The van der Waals surface area contributed by atoms with Crippen molar-refractivity contribution < 1.29 is 9.53 Å². The third-order valence-corrected chi connectivity index (χ3v) is 5.52. The minimum atomic E-state index is -0.261. The van der Waals surface area contributed by atoms with Crippen molar-refractivity contribution in [1.82, 2.24) is 15.2 Å². The van der Waals surface area contributed by atoms with E-state index in [9.17, 15) is 4.79 Å². The third-order valence-electron chi connectivity index (χ3n) is 4.63. The van der Waals surface area contributed by atoms with E-state index < -0.39 is 0 Å². The summed E-state index contributed by atoms with van der Waals surface area (Å²) in [6.07, 6.45) is 7.37. The second kappa shape index (κ2) is 7.89. The van der Waals surface area contributed by atoms with Crippen molar-refractivity contribution in [3.05, 3.63) is 47.7 Å². The average molecular weight is 383 g/mol. The van der Waals surface area contributed by atoms with Crippen LogP contribution in [0.4, 0.5) is 5.69 Å². The third kappa shape index (κ3) is 4.17. The molecule has 0 saturated heterocycles. The maximum atomic E-state index is 12.6. The van der Waals surface area contributed by atoms with Gasteiger partial charge in [0.15, 0.2) is 0 Å². The van der Waals surface area contributed by atoms with Gasteiger partial charge in [-0.2, -0.15) is 5.10 Å². The molecule has 4 N–H and O–H groups in total. The number of amides is 1. The number of nitrogens with one attached hydrogen (secondary N) is 2. The fourth-order valence-corrected chi connectivity index (χ4v) is 3.91. The largest absolute Gasteiger partial charge is 0.488 e. The molecule has 0 aliphatic heterocycles. The topological polar surface area (TPSA) is 106 Å². The first-order chi connectivity index (χ1) is 13.2. The Kier molecular flexibility index (Phi) is 5.17. The zero-order chi connectivity index (χ0) is 18.6. The summed E-state index contributed by atoms with van der Waals surface area (Å²) in [6, 6.07) is 7.76. The van der Waals surface area contributed by atoms with Crippen LogP contribution >= 0.6 is 11.3 Å². The molecular formula is C19H21N5O2S. The van der Waals surface area contributed by atoms with Gasteiger partial charge in [0.2, 0.25) is 0 Å². The number of carbonyl (C=O) groups is 1. The minimum absolute atomic E-state index is 0.134. The molecule has 3 aromatic rings. The standard InChI is InChI=1S/C19H21N5O2S/c20-13-5-7-14(8-6-13)26-17-4-2-1-3-15(17)23-18(25)16-11-27-19(24-16)12-9-21-22-10-12/h1-4,9-11,13-14H,5-8,20H2,(H,21,22)(H,23,25)/t13-,14+. The monoisotopic (exact) mass is 383 g/mol. The number of rotatable bonds is 5. The zero-order valence-corrected chi connectivity index (χ0v) is 15.5. The molecule has 1 aliphatic rings. The number of H-pyrrole nitrogens is 1. The van der Waals surface area contributed by atoms with Crippen LogP contribution in [-0.4, -0.2) is 33.2 Å². The summed E-state index contributed by atoms with van der Waals surface area (Å²) in [4.78, 5) is 17.0. The number of aromatic nitrogens is 3. The van der Waals surface area contributed by atoms with Crippen LogP contribution in [0.15, 0.2) is 42.0 Å². The van der Waals surface area contributed by atoms with E-state index in [0.29, 0.717) is 17.1 Å². The lowest BCUT2D eigenvalue weighted by atomic mass is 9.94. The van der Waals surface area contributed by atoms with E-state index in [1.165, 1.54) is 11.3 Å². The van der Waals surface area contributed by atoms with E-state index in [4.69, 9.17) is 10.5 Å². The van der Waals surface area contributed by atoms with E-state index in [2.05, 4.69) is 20.5 Å². The summed E-state index contributed by atoms with van der Waals surface area (Å²) in [7, 11) is 0. The predicted octanol–water partition coefficient (Wildman–Crippen LogP) is 3.43. The highest BCUT2D eigenvalue weighted by Crippen LogP contribution is 2.30. The van der Waals surface area contributed by atoms with Gasteiger partial charge in [-0.1, -0.05) is 12.1 Å². The first kappa shape index (κ1) is 17.7. The number of ether oxygens (including phenoxy) is 1. The molecule has 1 fully saturated rings. The smallest absolute Gasteiger partial charge is 0.275 e. The molecule has 0 bridgehead atoms. The highest BCUT2D eigenvalue weighted by Gasteiger charge is 2.21. The maximum absolute atomic E-state index is 12.6. The fraction of sp³-hybridized carbons (Fsp3) is 0.316. The summed E-state index contributed by atoms with van der Waals surface area (Å²) >= 11 is 1.40. The summed E-state index contributed by atoms with van der Waals surface area (Å²) in [5, 5.41) is 12.1. The Morgan fingerprint density at radius 2 is 2.07 bits per heavy atom. The molecule has 2 heterocycles. The van der Waals surface area contributed by atoms with Crippen LogP contribution in [0.5, 0.6) is 5.75 Å². The number of nitrogens with two attached hydrogens (primary N) is 1. The van der Waals surface area contributed by atoms with Gasteiger partial charge in [-0.15, -0.1) is 11.3 Å². The van der Waals surface area contributed by atoms with Crippen LogP contribution in [0.25, 0.3) is 10.6 Å². The molecule has 1 aliphatic carbocycles. The van der Waals surface area contributed by atoms with Crippen molar-refractivity contribution in [2.24, 2.45) is 5.73 Å². The predicted molar refractivity (Wildman–Crippen MR) is 105 cm³/mol. The number of benzene rings is 1. The Morgan fingerprint density at radius 1 is 1.26 bits per heavy atom. The van der Waals surface area contributed by atoms with E-state index in [-0.39, 0.29) is 18.1 Å². The molecule has 27 heavy (non-hydrogen) atoms. The number of hydrogen-bond acceptors (Lipinski definition) is 6. The Bertz CT molecular complexity index is 900. The molecule has 0 unspecified atom stereocenters. The number of aromatic amines is 1. The van der Waals surface area contributed by atoms with Gasteiger partial charge in [0.05, 0.1) is 18.0 Å². The maximum Gasteiger partial charge on any atom is 0.275 e.